The van der Waals surface area contributed by atoms with Crippen LogP contribution < -0.4 is 4.74 Å². The number of nitrogens with zero attached hydrogens (tertiary/aromatic N) is 1. The Labute approximate surface area is 129 Å². The Morgan fingerprint density at radius 3 is 2.76 bits per heavy atom. The highest BCUT2D eigenvalue weighted by Crippen LogP contribution is 2.29. The number of aliphatic carboxylic acids is 1. The van der Waals surface area contributed by atoms with Crippen LogP contribution in [-0.2, 0) is 4.79 Å². The van der Waals surface area contributed by atoms with E-state index in [0.29, 0.717) is 15.6 Å². The van der Waals surface area contributed by atoms with Crippen LogP contribution in [-0.4, -0.2) is 23.5 Å². The lowest BCUT2D eigenvalue weighted by atomic mass is 10.1. The van der Waals surface area contributed by atoms with E-state index in [-0.39, 0.29) is 17.1 Å². The Morgan fingerprint density at radius 2 is 2.14 bits per heavy atom. The monoisotopic (exact) mass is 321 g/mol. The first-order valence-corrected chi connectivity index (χ1v) is 6.92. The van der Waals surface area contributed by atoms with E-state index in [2.05, 4.69) is 4.85 Å². The molecule has 0 fully saturated rings. The third kappa shape index (κ3) is 3.60. The van der Waals surface area contributed by atoms with Gasteiger partial charge in [0.15, 0.2) is 12.3 Å². The number of thiophene rings is 1. The molecule has 0 saturated heterocycles. The molecule has 21 heavy (non-hydrogen) atoms. The Balaban J connectivity index is 2.36. The van der Waals surface area contributed by atoms with Gasteiger partial charge in [-0.25, -0.2) is 9.64 Å². The number of carbonyl (C=O) groups is 2. The molecular weight excluding hydrogens is 314 g/mol. The number of ketones is 1. The van der Waals surface area contributed by atoms with Crippen molar-refractivity contribution in [3.05, 3.63) is 56.5 Å². The van der Waals surface area contributed by atoms with Gasteiger partial charge in [0.05, 0.1) is 17.0 Å². The molecule has 0 spiro atoms. The molecule has 1 aromatic heterocycles. The van der Waals surface area contributed by atoms with Crippen molar-refractivity contribution >= 4 is 40.4 Å². The SMILES string of the molecule is [C-]#[N+]c1csc(C(=O)c2cc(Cl)ccc2OCC(=O)O)c1. The van der Waals surface area contributed by atoms with E-state index in [1.165, 1.54) is 24.3 Å². The Hall–Kier alpha value is -2.36. The summed E-state index contributed by atoms with van der Waals surface area (Å²) in [4.78, 5) is 26.6. The molecule has 1 N–H and O–H groups in total. The molecule has 2 aromatic rings. The van der Waals surface area contributed by atoms with Gasteiger partial charge in [0.1, 0.15) is 5.75 Å². The second kappa shape index (κ2) is 6.39. The van der Waals surface area contributed by atoms with E-state index in [1.807, 2.05) is 0 Å². The predicted octanol–water partition coefficient (Wildman–Crippen LogP) is 3.65. The quantitative estimate of drug-likeness (QED) is 0.674. The van der Waals surface area contributed by atoms with Crippen molar-refractivity contribution in [3.63, 3.8) is 0 Å². The second-order valence-electron chi connectivity index (χ2n) is 3.93. The second-order valence-corrected chi connectivity index (χ2v) is 5.28. The minimum atomic E-state index is -1.14. The van der Waals surface area contributed by atoms with Crippen LogP contribution >= 0.6 is 22.9 Å². The fourth-order valence-corrected chi connectivity index (χ4v) is 2.53. The van der Waals surface area contributed by atoms with Crippen LogP contribution in [0.5, 0.6) is 5.75 Å². The molecular formula is C14H8ClNO4S. The molecule has 0 atom stereocenters. The summed E-state index contributed by atoms with van der Waals surface area (Å²) in [5, 5.41) is 10.6. The first-order chi connectivity index (χ1) is 10.0. The number of benzene rings is 1. The van der Waals surface area contributed by atoms with Crippen molar-refractivity contribution in [2.75, 3.05) is 6.61 Å². The van der Waals surface area contributed by atoms with E-state index in [4.69, 9.17) is 28.0 Å². The summed E-state index contributed by atoms with van der Waals surface area (Å²) in [6.07, 6.45) is 0. The fourth-order valence-electron chi connectivity index (χ4n) is 1.58. The number of carbonyl (C=O) groups excluding carboxylic acids is 1. The highest BCUT2D eigenvalue weighted by molar-refractivity contribution is 7.12. The van der Waals surface area contributed by atoms with Gasteiger partial charge in [0.25, 0.3) is 0 Å². The van der Waals surface area contributed by atoms with Crippen molar-refractivity contribution in [2.24, 2.45) is 0 Å². The Bertz CT molecular complexity index is 748. The summed E-state index contributed by atoms with van der Waals surface area (Å²) in [6, 6.07) is 5.84. The largest absolute Gasteiger partial charge is 0.481 e. The summed E-state index contributed by atoms with van der Waals surface area (Å²) in [5.74, 6) is -1.36. The lowest BCUT2D eigenvalue weighted by Gasteiger charge is -2.09. The molecule has 1 heterocycles. The molecule has 0 radical (unpaired) electrons. The van der Waals surface area contributed by atoms with Crippen molar-refractivity contribution < 1.29 is 19.4 Å². The molecule has 0 aliphatic heterocycles. The molecule has 0 amide bonds. The van der Waals surface area contributed by atoms with Gasteiger partial charge in [-0.2, -0.15) is 11.3 Å². The van der Waals surface area contributed by atoms with Crippen molar-refractivity contribution in [1.29, 1.82) is 0 Å². The van der Waals surface area contributed by atoms with Gasteiger partial charge in [-0.15, -0.1) is 0 Å². The third-order valence-corrected chi connectivity index (χ3v) is 3.63. The topological polar surface area (TPSA) is 68.0 Å². The number of halogens is 1. The first-order valence-electron chi connectivity index (χ1n) is 5.66. The summed E-state index contributed by atoms with van der Waals surface area (Å²) >= 11 is 7.01. The zero-order valence-electron chi connectivity index (χ0n) is 10.5. The van der Waals surface area contributed by atoms with Crippen LogP contribution in [0.1, 0.15) is 15.2 Å². The van der Waals surface area contributed by atoms with Crippen LogP contribution in [0, 0.1) is 6.57 Å². The minimum absolute atomic E-state index is 0.143. The molecule has 2 rings (SSSR count). The van der Waals surface area contributed by atoms with Gasteiger partial charge >= 0.3 is 5.97 Å². The number of ether oxygens (including phenoxy) is 1. The van der Waals surface area contributed by atoms with Gasteiger partial charge in [0.2, 0.25) is 5.78 Å². The highest BCUT2D eigenvalue weighted by atomic mass is 35.5. The molecule has 0 saturated carbocycles. The maximum absolute atomic E-state index is 12.4. The van der Waals surface area contributed by atoms with Crippen molar-refractivity contribution in [1.82, 2.24) is 0 Å². The zero-order valence-corrected chi connectivity index (χ0v) is 12.1. The van der Waals surface area contributed by atoms with Gasteiger partial charge in [-0.05, 0) is 29.6 Å². The number of rotatable bonds is 5. The highest BCUT2D eigenvalue weighted by Gasteiger charge is 2.18. The Morgan fingerprint density at radius 1 is 1.38 bits per heavy atom. The average molecular weight is 322 g/mol. The van der Waals surface area contributed by atoms with Crippen LogP contribution in [0.15, 0.2) is 29.6 Å². The summed E-state index contributed by atoms with van der Waals surface area (Å²) < 4.78 is 5.09. The van der Waals surface area contributed by atoms with E-state index in [1.54, 1.807) is 5.38 Å². The van der Waals surface area contributed by atoms with E-state index in [0.717, 1.165) is 11.3 Å². The maximum atomic E-state index is 12.4. The van der Waals surface area contributed by atoms with E-state index < -0.39 is 12.6 Å². The summed E-state index contributed by atoms with van der Waals surface area (Å²) in [7, 11) is 0. The normalized spacial score (nSPS) is 9.90. The van der Waals surface area contributed by atoms with Crippen LogP contribution in [0.3, 0.4) is 0 Å². The van der Waals surface area contributed by atoms with Gasteiger partial charge in [-0.3, -0.25) is 4.79 Å². The number of hydrogen-bond acceptors (Lipinski definition) is 4. The Kier molecular flexibility index (Phi) is 4.58. The standard InChI is InChI=1S/C14H8ClNO4S/c1-16-9-5-12(21-7-9)14(19)10-4-8(15)2-3-11(10)20-6-13(17)18/h2-5,7H,6H2,(H,17,18). The van der Waals surface area contributed by atoms with Crippen LogP contribution in [0.25, 0.3) is 4.85 Å². The molecule has 1 aromatic carbocycles. The molecule has 106 valence electrons. The summed E-state index contributed by atoms with van der Waals surface area (Å²) in [6.45, 7) is 6.35. The molecule has 0 bridgehead atoms. The lowest BCUT2D eigenvalue weighted by molar-refractivity contribution is -0.139. The van der Waals surface area contributed by atoms with Crippen molar-refractivity contribution in [2.45, 2.75) is 0 Å². The molecule has 0 aliphatic carbocycles. The van der Waals surface area contributed by atoms with Gasteiger partial charge in [-0.1, -0.05) is 11.6 Å². The molecule has 5 nitrogen and oxygen atoms in total. The molecule has 0 unspecified atom stereocenters. The minimum Gasteiger partial charge on any atom is -0.481 e. The number of carboxylic acids is 1. The number of hydrogen-bond donors (Lipinski definition) is 1. The lowest BCUT2D eigenvalue weighted by Crippen LogP contribution is -2.12. The van der Waals surface area contributed by atoms with Crippen molar-refractivity contribution in [3.8, 4) is 5.75 Å². The third-order valence-electron chi connectivity index (χ3n) is 2.48. The molecule has 7 heteroatoms. The van der Waals surface area contributed by atoms with Crippen LogP contribution in [0.2, 0.25) is 5.02 Å². The fraction of sp³-hybridized carbons (Fsp3) is 0.0714. The van der Waals surface area contributed by atoms with E-state index >= 15 is 0 Å². The van der Waals surface area contributed by atoms with E-state index in [9.17, 15) is 9.59 Å². The smallest absolute Gasteiger partial charge is 0.341 e. The first kappa shape index (κ1) is 15.0. The summed E-state index contributed by atoms with van der Waals surface area (Å²) in [5.41, 5.74) is 0.542. The predicted molar refractivity (Wildman–Crippen MR) is 78.6 cm³/mol. The van der Waals surface area contributed by atoms with Gasteiger partial charge in [0, 0.05) is 5.02 Å². The molecule has 0 aliphatic rings. The average Bonchev–Trinajstić information content (AvgIpc) is 2.94. The van der Waals surface area contributed by atoms with Crippen LogP contribution in [0.4, 0.5) is 5.69 Å². The zero-order chi connectivity index (χ0) is 15.4. The maximum Gasteiger partial charge on any atom is 0.341 e. The van der Waals surface area contributed by atoms with Gasteiger partial charge < -0.3 is 9.84 Å². The number of carboxylic acid groups (broad SMARTS) is 1.